The molecule has 5 aromatic carbocycles. The van der Waals surface area contributed by atoms with E-state index in [-0.39, 0.29) is 26.2 Å². The molecule has 1 aliphatic rings. The van der Waals surface area contributed by atoms with Gasteiger partial charge in [-0.05, 0) is 33.3 Å². The molecule has 0 spiro atoms. The molecule has 0 N–H and O–H groups in total. The fraction of sp³-hybridized carbons (Fsp3) is 0.268. The summed E-state index contributed by atoms with van der Waals surface area (Å²) in [7, 11) is 0. The minimum Gasteiger partial charge on any atom is -0.374 e. The number of hydrogen-bond acceptors (Lipinski definition) is 6. The topological polar surface area (TPSA) is 94.9 Å². The van der Waals surface area contributed by atoms with Crippen LogP contribution in [0.2, 0.25) is 0 Å². The van der Waals surface area contributed by atoms with E-state index < -0.39 is 30.1 Å². The van der Waals surface area contributed by atoms with Crippen molar-refractivity contribution in [3.63, 3.8) is 0 Å². The standard InChI is InChI=1S/C41H41N3O5/c42-44-43-41(26-32-16-6-1-7-17-32)40(48-30-36-24-14-5-15-25-36)39(47-29-35-22-12-4-13-23-35)38(46-28-34-20-10-3-11-21-34)37(49-41)31-45-27-33-18-8-2-9-19-33/h1-25,37-40H,26-31H2/t37-,38-,39+,40-,41+/m1/s1. The van der Waals surface area contributed by atoms with Gasteiger partial charge >= 0.3 is 0 Å². The second-order valence-corrected chi connectivity index (χ2v) is 12.1. The molecule has 0 aromatic heterocycles. The van der Waals surface area contributed by atoms with Crippen molar-refractivity contribution in [3.8, 4) is 0 Å². The first-order valence-corrected chi connectivity index (χ1v) is 16.6. The van der Waals surface area contributed by atoms with E-state index in [0.29, 0.717) is 13.2 Å². The Hall–Kier alpha value is -4.79. The summed E-state index contributed by atoms with van der Waals surface area (Å²) >= 11 is 0. The van der Waals surface area contributed by atoms with Crippen LogP contribution in [0.3, 0.4) is 0 Å². The van der Waals surface area contributed by atoms with Crippen LogP contribution in [0.4, 0.5) is 0 Å². The SMILES string of the molecule is [N-]=[N+]=N[C@@]1(Cc2ccccc2)O[C@H](COCc2ccccc2)[C@@H](OCc2ccccc2)[C@H](OCc2ccccc2)[C@H]1OCc1ccccc1. The van der Waals surface area contributed by atoms with Gasteiger partial charge in [-0.1, -0.05) is 157 Å². The largest absolute Gasteiger partial charge is 0.374 e. The van der Waals surface area contributed by atoms with Gasteiger partial charge in [0.2, 0.25) is 0 Å². The van der Waals surface area contributed by atoms with Crippen molar-refractivity contribution in [2.24, 2.45) is 5.11 Å². The molecule has 5 atom stereocenters. The van der Waals surface area contributed by atoms with Gasteiger partial charge in [0, 0.05) is 11.3 Å². The first-order chi connectivity index (χ1) is 24.2. The molecule has 0 bridgehead atoms. The Balaban J connectivity index is 1.40. The minimum absolute atomic E-state index is 0.169. The Labute approximate surface area is 287 Å². The maximum Gasteiger partial charge on any atom is 0.180 e. The molecule has 5 aromatic rings. The van der Waals surface area contributed by atoms with Crippen LogP contribution in [0.5, 0.6) is 0 Å². The van der Waals surface area contributed by atoms with Gasteiger partial charge in [0.25, 0.3) is 0 Å². The molecule has 0 amide bonds. The lowest BCUT2D eigenvalue weighted by Gasteiger charge is -2.51. The van der Waals surface area contributed by atoms with Crippen LogP contribution < -0.4 is 0 Å². The molecule has 8 nitrogen and oxygen atoms in total. The molecular formula is C41H41N3O5. The summed E-state index contributed by atoms with van der Waals surface area (Å²) in [6, 6.07) is 49.7. The van der Waals surface area contributed by atoms with Crippen LogP contribution in [0.1, 0.15) is 27.8 Å². The zero-order valence-electron chi connectivity index (χ0n) is 27.4. The first kappa shape index (κ1) is 34.1. The summed E-state index contributed by atoms with van der Waals surface area (Å²) in [6.45, 7) is 1.40. The highest BCUT2D eigenvalue weighted by atomic mass is 16.6. The van der Waals surface area contributed by atoms with Gasteiger partial charge in [-0.15, -0.1) is 0 Å². The Morgan fingerprint density at radius 1 is 0.531 bits per heavy atom. The van der Waals surface area contributed by atoms with Gasteiger partial charge in [0.15, 0.2) is 5.72 Å². The lowest BCUT2D eigenvalue weighted by atomic mass is 9.86. The molecule has 1 aliphatic heterocycles. The van der Waals surface area contributed by atoms with E-state index >= 15 is 0 Å². The Kier molecular flexibility index (Phi) is 12.2. The number of rotatable bonds is 16. The van der Waals surface area contributed by atoms with E-state index in [1.54, 1.807) is 0 Å². The summed E-state index contributed by atoms with van der Waals surface area (Å²) < 4.78 is 33.6. The van der Waals surface area contributed by atoms with E-state index in [9.17, 15) is 5.53 Å². The molecule has 250 valence electrons. The molecule has 8 heteroatoms. The first-order valence-electron chi connectivity index (χ1n) is 16.6. The summed E-state index contributed by atoms with van der Waals surface area (Å²) in [5.74, 6) is 0. The quantitative estimate of drug-likeness (QED) is 0.0603. The zero-order chi connectivity index (χ0) is 33.6. The zero-order valence-corrected chi connectivity index (χ0v) is 27.4. The summed E-state index contributed by atoms with van der Waals surface area (Å²) in [5, 5.41) is 4.42. The maximum atomic E-state index is 10.1. The Morgan fingerprint density at radius 3 is 1.41 bits per heavy atom. The van der Waals surface area contributed by atoms with Gasteiger partial charge < -0.3 is 23.7 Å². The lowest BCUT2D eigenvalue weighted by molar-refractivity contribution is -0.306. The van der Waals surface area contributed by atoms with Crippen molar-refractivity contribution < 1.29 is 23.7 Å². The van der Waals surface area contributed by atoms with Gasteiger partial charge in [0.1, 0.15) is 24.4 Å². The van der Waals surface area contributed by atoms with E-state index in [2.05, 4.69) is 10.0 Å². The number of azide groups is 1. The van der Waals surface area contributed by atoms with E-state index in [1.807, 2.05) is 152 Å². The predicted molar refractivity (Wildman–Crippen MR) is 188 cm³/mol. The van der Waals surface area contributed by atoms with Gasteiger partial charge in [-0.2, -0.15) is 0 Å². The molecule has 1 fully saturated rings. The minimum atomic E-state index is -1.49. The van der Waals surface area contributed by atoms with E-state index in [0.717, 1.165) is 27.8 Å². The second-order valence-electron chi connectivity index (χ2n) is 12.1. The highest BCUT2D eigenvalue weighted by Crippen LogP contribution is 2.40. The van der Waals surface area contributed by atoms with Crippen LogP contribution in [0, 0.1) is 0 Å². The highest BCUT2D eigenvalue weighted by molar-refractivity contribution is 5.21. The smallest absolute Gasteiger partial charge is 0.180 e. The van der Waals surface area contributed by atoms with Crippen LogP contribution >= 0.6 is 0 Å². The van der Waals surface area contributed by atoms with Crippen molar-refractivity contribution in [3.05, 3.63) is 190 Å². The van der Waals surface area contributed by atoms with Crippen LogP contribution in [-0.2, 0) is 56.5 Å². The molecule has 0 unspecified atom stereocenters. The second kappa shape index (κ2) is 17.6. The maximum absolute atomic E-state index is 10.1. The average molecular weight is 656 g/mol. The fourth-order valence-corrected chi connectivity index (χ4v) is 6.16. The van der Waals surface area contributed by atoms with Crippen molar-refractivity contribution in [1.82, 2.24) is 0 Å². The van der Waals surface area contributed by atoms with Crippen molar-refractivity contribution in [2.75, 3.05) is 6.61 Å². The molecular weight excluding hydrogens is 614 g/mol. The Bertz CT molecular complexity index is 1720. The Morgan fingerprint density at radius 2 is 0.939 bits per heavy atom. The number of hydrogen-bond donors (Lipinski definition) is 0. The number of nitrogens with zero attached hydrogens (tertiary/aromatic N) is 3. The predicted octanol–water partition coefficient (Wildman–Crippen LogP) is 8.61. The third kappa shape index (κ3) is 9.43. The van der Waals surface area contributed by atoms with E-state index in [1.165, 1.54) is 0 Å². The molecule has 0 aliphatic carbocycles. The van der Waals surface area contributed by atoms with Crippen LogP contribution in [0.25, 0.3) is 10.4 Å². The normalized spacial score (nSPS) is 21.9. The van der Waals surface area contributed by atoms with Crippen molar-refractivity contribution in [1.29, 1.82) is 0 Å². The summed E-state index contributed by atoms with van der Waals surface area (Å²) in [6.07, 6.45) is -2.61. The van der Waals surface area contributed by atoms with Crippen LogP contribution in [0.15, 0.2) is 157 Å². The van der Waals surface area contributed by atoms with Crippen LogP contribution in [-0.4, -0.2) is 36.7 Å². The molecule has 1 heterocycles. The van der Waals surface area contributed by atoms with Crippen molar-refractivity contribution >= 4 is 0 Å². The molecule has 1 saturated heterocycles. The fourth-order valence-electron chi connectivity index (χ4n) is 6.16. The number of benzene rings is 5. The molecule has 49 heavy (non-hydrogen) atoms. The van der Waals surface area contributed by atoms with Gasteiger partial charge in [-0.25, -0.2) is 0 Å². The summed E-state index contributed by atoms with van der Waals surface area (Å²) in [4.78, 5) is 3.35. The monoisotopic (exact) mass is 655 g/mol. The van der Waals surface area contributed by atoms with Gasteiger partial charge in [0.05, 0.1) is 33.0 Å². The third-order valence-electron chi connectivity index (χ3n) is 8.54. The van der Waals surface area contributed by atoms with Crippen molar-refractivity contribution in [2.45, 2.75) is 63.0 Å². The average Bonchev–Trinajstić information content (AvgIpc) is 3.15. The molecule has 6 rings (SSSR count). The van der Waals surface area contributed by atoms with E-state index in [4.69, 9.17) is 23.7 Å². The lowest BCUT2D eigenvalue weighted by Crippen LogP contribution is -2.67. The molecule has 0 radical (unpaired) electrons. The summed E-state index contributed by atoms with van der Waals surface area (Å²) in [5.41, 5.74) is 13.5. The number of ether oxygens (including phenoxy) is 5. The highest BCUT2D eigenvalue weighted by Gasteiger charge is 2.56. The molecule has 0 saturated carbocycles. The van der Waals surface area contributed by atoms with Gasteiger partial charge in [-0.3, -0.25) is 0 Å². The third-order valence-corrected chi connectivity index (χ3v) is 8.54.